The van der Waals surface area contributed by atoms with Crippen LogP contribution in [0.5, 0.6) is 5.75 Å². The number of hydrogen-bond donors (Lipinski definition) is 1. The van der Waals surface area contributed by atoms with Crippen LogP contribution in [0.25, 0.3) is 0 Å². The molecule has 11 heteroatoms. The van der Waals surface area contributed by atoms with E-state index in [1.165, 1.54) is 12.5 Å². The van der Waals surface area contributed by atoms with E-state index in [4.69, 9.17) is 13.9 Å². The number of anilines is 2. The number of oxazole rings is 1. The molecule has 2 atom stereocenters. The van der Waals surface area contributed by atoms with Crippen LogP contribution in [0.3, 0.4) is 0 Å². The molecule has 0 spiro atoms. The Bertz CT molecular complexity index is 1130. The second-order valence-corrected chi connectivity index (χ2v) is 10.7. The van der Waals surface area contributed by atoms with Gasteiger partial charge in [-0.15, -0.1) is 0 Å². The van der Waals surface area contributed by atoms with Crippen molar-refractivity contribution < 1.29 is 36.2 Å². The lowest BCUT2D eigenvalue weighted by molar-refractivity contribution is -0.130. The molecule has 2 heterocycles. The molecule has 1 amide bonds. The van der Waals surface area contributed by atoms with Crippen LogP contribution >= 0.6 is 0 Å². The molecule has 196 valence electrons. The lowest BCUT2D eigenvalue weighted by atomic mass is 9.83. The Morgan fingerprint density at radius 3 is 2.56 bits per heavy atom. The number of ether oxygens (including phenoxy) is 2. The van der Waals surface area contributed by atoms with Crippen molar-refractivity contribution in [3.05, 3.63) is 35.0 Å². The van der Waals surface area contributed by atoms with Crippen LogP contribution in [0, 0.1) is 30.0 Å². The van der Waals surface area contributed by atoms with Gasteiger partial charge < -0.3 is 24.1 Å². The number of aromatic nitrogens is 1. The second-order valence-electron chi connectivity index (χ2n) is 10.7. The fourth-order valence-corrected chi connectivity index (χ4v) is 5.47. The predicted molar refractivity (Wildman–Crippen MR) is 123 cm³/mol. The van der Waals surface area contributed by atoms with Gasteiger partial charge in [0.1, 0.15) is 12.2 Å². The number of halogens is 4. The van der Waals surface area contributed by atoms with Gasteiger partial charge in [-0.3, -0.25) is 4.79 Å². The summed E-state index contributed by atoms with van der Waals surface area (Å²) < 4.78 is 70.8. The number of alkyl halides is 3. The first kappa shape index (κ1) is 24.9. The van der Waals surface area contributed by atoms with E-state index in [1.54, 1.807) is 18.9 Å². The highest BCUT2D eigenvalue weighted by atomic mass is 19.4. The zero-order valence-corrected chi connectivity index (χ0v) is 20.4. The quantitative estimate of drug-likeness (QED) is 0.496. The number of amides is 1. The molecular formula is C25H29F4N3O4. The molecule has 2 aliphatic carbocycles. The van der Waals surface area contributed by atoms with E-state index >= 15 is 0 Å². The zero-order valence-electron chi connectivity index (χ0n) is 20.4. The second kappa shape index (κ2) is 8.93. The van der Waals surface area contributed by atoms with Gasteiger partial charge in [-0.1, -0.05) is 6.92 Å². The van der Waals surface area contributed by atoms with E-state index in [0.29, 0.717) is 37.1 Å². The number of benzene rings is 1. The van der Waals surface area contributed by atoms with Gasteiger partial charge in [0.15, 0.2) is 17.3 Å². The topological polar surface area (TPSA) is 76.8 Å². The summed E-state index contributed by atoms with van der Waals surface area (Å²) in [5.74, 6) is -0.640. The van der Waals surface area contributed by atoms with Gasteiger partial charge in [0, 0.05) is 37.4 Å². The third-order valence-corrected chi connectivity index (χ3v) is 7.14. The number of nitrogens with zero attached hydrogens (tertiary/aromatic N) is 2. The van der Waals surface area contributed by atoms with E-state index in [0.717, 1.165) is 18.9 Å². The lowest BCUT2D eigenvalue weighted by Gasteiger charge is -2.46. The first-order chi connectivity index (χ1) is 16.9. The lowest BCUT2D eigenvalue weighted by Crippen LogP contribution is -2.57. The van der Waals surface area contributed by atoms with E-state index in [1.807, 2.05) is 6.92 Å². The van der Waals surface area contributed by atoms with Gasteiger partial charge in [-0.25, -0.2) is 4.39 Å². The number of aryl methyl sites for hydroxylation is 1. The van der Waals surface area contributed by atoms with Crippen molar-refractivity contribution in [3.63, 3.8) is 0 Å². The summed E-state index contributed by atoms with van der Waals surface area (Å²) in [5.41, 5.74) is -0.0876. The summed E-state index contributed by atoms with van der Waals surface area (Å²) in [6, 6.07) is 2.57. The maximum atomic E-state index is 14.9. The molecule has 2 saturated carbocycles. The van der Waals surface area contributed by atoms with Crippen molar-refractivity contribution in [1.29, 1.82) is 0 Å². The Morgan fingerprint density at radius 2 is 1.94 bits per heavy atom. The summed E-state index contributed by atoms with van der Waals surface area (Å²) in [7, 11) is 1.57. The van der Waals surface area contributed by atoms with E-state index in [-0.39, 0.29) is 29.0 Å². The molecule has 2 aromatic rings. The largest absolute Gasteiger partial charge is 0.487 e. The first-order valence-corrected chi connectivity index (χ1v) is 12.0. The third-order valence-electron chi connectivity index (χ3n) is 7.14. The summed E-state index contributed by atoms with van der Waals surface area (Å²) in [5, 5.41) is 2.46. The number of carbonyl (C=O) groups excluding carboxylic acids is 1. The van der Waals surface area contributed by atoms with Gasteiger partial charge in [-0.05, 0) is 49.7 Å². The van der Waals surface area contributed by atoms with Crippen LogP contribution in [0.2, 0.25) is 0 Å². The SMILES string of the molecule is COCC1(C)CN(c2nc(C(=O)Nc3cc(C)c(OC4CC5CC5C4)c(F)c3)c(CC(F)(F)F)o2)C1. The zero-order chi connectivity index (χ0) is 25.8. The third kappa shape index (κ3) is 5.16. The van der Waals surface area contributed by atoms with Crippen molar-refractivity contribution in [2.45, 2.75) is 51.8 Å². The molecule has 0 radical (unpaired) electrons. The molecular weight excluding hydrogens is 482 g/mol. The first-order valence-electron chi connectivity index (χ1n) is 12.0. The van der Waals surface area contributed by atoms with Crippen molar-refractivity contribution in [1.82, 2.24) is 4.98 Å². The number of nitrogens with one attached hydrogen (secondary N) is 1. The molecule has 5 rings (SSSR count). The fourth-order valence-electron chi connectivity index (χ4n) is 5.47. The average Bonchev–Trinajstić information content (AvgIpc) is 3.15. The molecule has 1 aromatic carbocycles. The Balaban J connectivity index is 1.31. The molecule has 2 unspecified atom stereocenters. The molecule has 1 saturated heterocycles. The minimum Gasteiger partial charge on any atom is -0.487 e. The minimum atomic E-state index is -4.60. The maximum absolute atomic E-state index is 14.9. The summed E-state index contributed by atoms with van der Waals surface area (Å²) in [4.78, 5) is 18.6. The van der Waals surface area contributed by atoms with Gasteiger partial charge >= 0.3 is 6.18 Å². The van der Waals surface area contributed by atoms with Crippen LogP contribution in [0.1, 0.15) is 48.0 Å². The van der Waals surface area contributed by atoms with Gasteiger partial charge in [0.2, 0.25) is 0 Å². The minimum absolute atomic E-state index is 0.0203. The van der Waals surface area contributed by atoms with Gasteiger partial charge in [0.25, 0.3) is 11.9 Å². The molecule has 36 heavy (non-hydrogen) atoms. The van der Waals surface area contributed by atoms with E-state index < -0.39 is 35.8 Å². The summed E-state index contributed by atoms with van der Waals surface area (Å²) in [6.45, 7) is 5.03. The number of fused-ring (bicyclic) bond motifs is 1. The van der Waals surface area contributed by atoms with Crippen molar-refractivity contribution >= 4 is 17.6 Å². The van der Waals surface area contributed by atoms with Crippen molar-refractivity contribution in [3.8, 4) is 5.75 Å². The summed E-state index contributed by atoms with van der Waals surface area (Å²) in [6.07, 6.45) is -3.02. The molecule has 1 aliphatic heterocycles. The molecule has 7 nitrogen and oxygen atoms in total. The number of hydrogen-bond acceptors (Lipinski definition) is 6. The fraction of sp³-hybridized carbons (Fsp3) is 0.600. The van der Waals surface area contributed by atoms with Crippen LogP contribution < -0.4 is 15.0 Å². The molecule has 3 fully saturated rings. The van der Waals surface area contributed by atoms with Crippen LogP contribution in [0.4, 0.5) is 29.3 Å². The standard InChI is InChI=1S/C25H29F4N3O4/c1-13-4-16(8-18(26)21(13)35-17-6-14-5-15(14)7-17)30-22(33)20-19(9-25(27,28)29)36-23(31-20)32-10-24(2,11-32)12-34-3/h4,8,14-15,17H,5-7,9-12H2,1-3H3,(H,30,33). The number of methoxy groups -OCH3 is 1. The van der Waals surface area contributed by atoms with Gasteiger partial charge in [-0.2, -0.15) is 18.2 Å². The van der Waals surface area contributed by atoms with Crippen molar-refractivity contribution in [2.75, 3.05) is 37.0 Å². The van der Waals surface area contributed by atoms with Gasteiger partial charge in [0.05, 0.1) is 12.7 Å². The highest BCUT2D eigenvalue weighted by Gasteiger charge is 2.47. The molecule has 3 aliphatic rings. The Hall–Kier alpha value is -2.82. The smallest absolute Gasteiger partial charge is 0.396 e. The maximum Gasteiger partial charge on any atom is 0.396 e. The number of carbonyl (C=O) groups is 1. The predicted octanol–water partition coefficient (Wildman–Crippen LogP) is 5.13. The van der Waals surface area contributed by atoms with Crippen LogP contribution in [0.15, 0.2) is 16.5 Å². The number of rotatable bonds is 8. The van der Waals surface area contributed by atoms with Crippen molar-refractivity contribution in [2.24, 2.45) is 17.3 Å². The Morgan fingerprint density at radius 1 is 1.25 bits per heavy atom. The molecule has 1 N–H and O–H groups in total. The Kier molecular flexibility index (Phi) is 6.17. The molecule has 1 aromatic heterocycles. The highest BCUT2D eigenvalue weighted by Crippen LogP contribution is 2.52. The highest BCUT2D eigenvalue weighted by molar-refractivity contribution is 6.04. The average molecular weight is 512 g/mol. The summed E-state index contributed by atoms with van der Waals surface area (Å²) >= 11 is 0. The van der Waals surface area contributed by atoms with E-state index in [9.17, 15) is 22.4 Å². The van der Waals surface area contributed by atoms with Crippen LogP contribution in [-0.4, -0.2) is 50.0 Å². The molecule has 0 bridgehead atoms. The van der Waals surface area contributed by atoms with Crippen LogP contribution in [-0.2, 0) is 11.2 Å². The van der Waals surface area contributed by atoms with E-state index in [2.05, 4.69) is 10.3 Å². The monoisotopic (exact) mass is 511 g/mol. The normalized spacial score (nSPS) is 24.3. The Labute approximate surface area is 206 Å².